The molecule has 1 heterocycles. The molecule has 0 aromatic carbocycles. The van der Waals surface area contributed by atoms with Crippen LogP contribution in [-0.2, 0) is 4.79 Å². The number of piperazine rings is 1. The van der Waals surface area contributed by atoms with Crippen molar-refractivity contribution in [3.05, 3.63) is 0 Å². The van der Waals surface area contributed by atoms with Crippen LogP contribution in [0.25, 0.3) is 0 Å². The lowest BCUT2D eigenvalue weighted by Crippen LogP contribution is -2.46. The van der Waals surface area contributed by atoms with Gasteiger partial charge in [-0.2, -0.15) is 0 Å². The molecule has 0 aromatic heterocycles. The van der Waals surface area contributed by atoms with E-state index in [9.17, 15) is 4.79 Å². The molecule has 4 heteroatoms. The zero-order valence-corrected chi connectivity index (χ0v) is 11.5. The number of rotatable bonds is 6. The van der Waals surface area contributed by atoms with Gasteiger partial charge in [0.2, 0.25) is 5.91 Å². The van der Waals surface area contributed by atoms with Crippen molar-refractivity contribution < 1.29 is 4.79 Å². The molecule has 0 spiro atoms. The Balaban J connectivity index is 2.02. The summed E-state index contributed by atoms with van der Waals surface area (Å²) in [5.74, 6) is 0.268. The van der Waals surface area contributed by atoms with E-state index in [0.717, 1.165) is 26.1 Å². The molecule has 17 heavy (non-hydrogen) atoms. The van der Waals surface area contributed by atoms with Crippen molar-refractivity contribution in [1.82, 2.24) is 15.1 Å². The summed E-state index contributed by atoms with van der Waals surface area (Å²) < 4.78 is 0. The monoisotopic (exact) mass is 241 g/mol. The standard InChI is InChI=1S/C13H27N3O/c1-4-15-8-10-16(11-9-15)7-5-6-14-13(17)12(2)3/h12H,4-11H2,1-3H3,(H,14,17). The quantitative estimate of drug-likeness (QED) is 0.698. The third kappa shape index (κ3) is 5.50. The van der Waals surface area contributed by atoms with Crippen molar-refractivity contribution in [1.29, 1.82) is 0 Å². The Bertz CT molecular complexity index is 223. The minimum absolute atomic E-state index is 0.100. The lowest BCUT2D eigenvalue weighted by molar-refractivity contribution is -0.123. The van der Waals surface area contributed by atoms with Crippen molar-refractivity contribution in [3.63, 3.8) is 0 Å². The summed E-state index contributed by atoms with van der Waals surface area (Å²) in [7, 11) is 0. The molecule has 100 valence electrons. The Morgan fingerprint density at radius 2 is 1.76 bits per heavy atom. The first-order chi connectivity index (χ1) is 8.13. The summed E-state index contributed by atoms with van der Waals surface area (Å²) in [5, 5.41) is 2.97. The maximum Gasteiger partial charge on any atom is 0.222 e. The third-order valence-electron chi connectivity index (χ3n) is 3.39. The average Bonchev–Trinajstić information content (AvgIpc) is 2.35. The number of carbonyl (C=O) groups excluding carboxylic acids is 1. The molecule has 1 saturated heterocycles. The fraction of sp³-hybridized carbons (Fsp3) is 0.923. The average molecular weight is 241 g/mol. The van der Waals surface area contributed by atoms with Crippen molar-refractivity contribution in [2.45, 2.75) is 27.2 Å². The fourth-order valence-corrected chi connectivity index (χ4v) is 2.05. The summed E-state index contributed by atoms with van der Waals surface area (Å²) in [5.41, 5.74) is 0. The zero-order valence-electron chi connectivity index (χ0n) is 11.5. The van der Waals surface area contributed by atoms with Crippen LogP contribution in [0.3, 0.4) is 0 Å². The van der Waals surface area contributed by atoms with Crippen LogP contribution in [0, 0.1) is 5.92 Å². The molecular formula is C13H27N3O. The predicted molar refractivity (Wildman–Crippen MR) is 71.0 cm³/mol. The van der Waals surface area contributed by atoms with Gasteiger partial charge in [0.1, 0.15) is 0 Å². The molecule has 1 N–H and O–H groups in total. The number of nitrogens with zero attached hydrogens (tertiary/aromatic N) is 2. The first kappa shape index (κ1) is 14.5. The van der Waals surface area contributed by atoms with E-state index in [4.69, 9.17) is 0 Å². The number of likely N-dealkylation sites (N-methyl/N-ethyl adjacent to an activating group) is 1. The molecule has 1 aliphatic rings. The normalized spacial score (nSPS) is 18.6. The molecule has 0 aliphatic carbocycles. The Hall–Kier alpha value is -0.610. The van der Waals surface area contributed by atoms with E-state index >= 15 is 0 Å². The Kier molecular flexibility index (Phi) is 6.52. The number of amides is 1. The highest BCUT2D eigenvalue weighted by atomic mass is 16.1. The van der Waals surface area contributed by atoms with Gasteiger partial charge in [-0.25, -0.2) is 0 Å². The van der Waals surface area contributed by atoms with Crippen LogP contribution in [0.15, 0.2) is 0 Å². The third-order valence-corrected chi connectivity index (χ3v) is 3.39. The second-order valence-electron chi connectivity index (χ2n) is 5.08. The van der Waals surface area contributed by atoms with Gasteiger partial charge in [0.05, 0.1) is 0 Å². The van der Waals surface area contributed by atoms with Gasteiger partial charge in [0, 0.05) is 38.6 Å². The Labute approximate surface area is 105 Å². The van der Waals surface area contributed by atoms with Gasteiger partial charge in [-0.1, -0.05) is 20.8 Å². The van der Waals surface area contributed by atoms with E-state index in [1.165, 1.54) is 26.2 Å². The van der Waals surface area contributed by atoms with Crippen LogP contribution in [0.5, 0.6) is 0 Å². The number of nitrogens with one attached hydrogen (secondary N) is 1. The maximum absolute atomic E-state index is 11.3. The second kappa shape index (κ2) is 7.67. The van der Waals surface area contributed by atoms with Gasteiger partial charge in [0.15, 0.2) is 0 Å². The highest BCUT2D eigenvalue weighted by Gasteiger charge is 2.14. The highest BCUT2D eigenvalue weighted by Crippen LogP contribution is 2.01. The lowest BCUT2D eigenvalue weighted by Gasteiger charge is -2.33. The van der Waals surface area contributed by atoms with Crippen LogP contribution in [0.4, 0.5) is 0 Å². The van der Waals surface area contributed by atoms with Crippen LogP contribution >= 0.6 is 0 Å². The molecule has 0 unspecified atom stereocenters. The summed E-state index contributed by atoms with van der Waals surface area (Å²) in [6.45, 7) is 13.9. The van der Waals surface area contributed by atoms with Crippen molar-refractivity contribution in [3.8, 4) is 0 Å². The van der Waals surface area contributed by atoms with Crippen molar-refractivity contribution in [2.24, 2.45) is 5.92 Å². The zero-order chi connectivity index (χ0) is 12.7. The smallest absolute Gasteiger partial charge is 0.222 e. The molecule has 1 amide bonds. The maximum atomic E-state index is 11.3. The van der Waals surface area contributed by atoms with Crippen LogP contribution in [0.2, 0.25) is 0 Å². The van der Waals surface area contributed by atoms with E-state index < -0.39 is 0 Å². The number of hydrogen-bond donors (Lipinski definition) is 1. The van der Waals surface area contributed by atoms with E-state index in [2.05, 4.69) is 22.0 Å². The van der Waals surface area contributed by atoms with Crippen LogP contribution in [-0.4, -0.2) is 61.5 Å². The molecule has 1 aliphatic heterocycles. The van der Waals surface area contributed by atoms with Gasteiger partial charge in [-0.05, 0) is 19.5 Å². The molecule has 0 saturated carbocycles. The first-order valence-corrected chi connectivity index (χ1v) is 6.86. The van der Waals surface area contributed by atoms with Crippen molar-refractivity contribution in [2.75, 3.05) is 45.8 Å². The molecule has 0 bridgehead atoms. The first-order valence-electron chi connectivity index (χ1n) is 6.86. The Morgan fingerprint density at radius 1 is 1.18 bits per heavy atom. The summed E-state index contributed by atoms with van der Waals surface area (Å²) in [6, 6.07) is 0. The summed E-state index contributed by atoms with van der Waals surface area (Å²) in [6.07, 6.45) is 1.06. The largest absolute Gasteiger partial charge is 0.356 e. The van der Waals surface area contributed by atoms with Gasteiger partial charge in [-0.15, -0.1) is 0 Å². The molecule has 0 atom stereocenters. The topological polar surface area (TPSA) is 35.6 Å². The molecule has 0 radical (unpaired) electrons. The fourth-order valence-electron chi connectivity index (χ4n) is 2.05. The van der Waals surface area contributed by atoms with Gasteiger partial charge >= 0.3 is 0 Å². The minimum Gasteiger partial charge on any atom is -0.356 e. The Morgan fingerprint density at radius 3 is 2.29 bits per heavy atom. The molecule has 1 fully saturated rings. The summed E-state index contributed by atoms with van der Waals surface area (Å²) in [4.78, 5) is 16.3. The molecule has 0 aromatic rings. The SMILES string of the molecule is CCN1CCN(CCCNC(=O)C(C)C)CC1. The lowest BCUT2D eigenvalue weighted by atomic mass is 10.2. The minimum atomic E-state index is 0.100. The van der Waals surface area contributed by atoms with E-state index in [-0.39, 0.29) is 11.8 Å². The van der Waals surface area contributed by atoms with E-state index in [0.29, 0.717) is 0 Å². The number of hydrogen-bond acceptors (Lipinski definition) is 3. The molecule has 1 rings (SSSR count). The highest BCUT2D eigenvalue weighted by molar-refractivity contribution is 5.77. The molecular weight excluding hydrogens is 214 g/mol. The van der Waals surface area contributed by atoms with Gasteiger partial charge < -0.3 is 15.1 Å². The van der Waals surface area contributed by atoms with Crippen molar-refractivity contribution >= 4 is 5.91 Å². The van der Waals surface area contributed by atoms with Gasteiger partial charge in [0.25, 0.3) is 0 Å². The van der Waals surface area contributed by atoms with Crippen LogP contribution < -0.4 is 5.32 Å². The van der Waals surface area contributed by atoms with E-state index in [1.54, 1.807) is 0 Å². The van der Waals surface area contributed by atoms with Gasteiger partial charge in [-0.3, -0.25) is 4.79 Å². The summed E-state index contributed by atoms with van der Waals surface area (Å²) >= 11 is 0. The molecule has 4 nitrogen and oxygen atoms in total. The number of carbonyl (C=O) groups is 1. The van der Waals surface area contributed by atoms with E-state index in [1.807, 2.05) is 13.8 Å². The second-order valence-corrected chi connectivity index (χ2v) is 5.08. The van der Waals surface area contributed by atoms with Crippen LogP contribution in [0.1, 0.15) is 27.2 Å². The predicted octanol–water partition coefficient (Wildman–Crippen LogP) is 0.786.